The number of nitrogens with two attached hydrogens (primary N) is 1. The molecular formula is C14H22N2O2. The highest BCUT2D eigenvalue weighted by molar-refractivity contribution is 5.61. The third-order valence-electron chi connectivity index (χ3n) is 3.42. The molecule has 0 saturated carbocycles. The van der Waals surface area contributed by atoms with Crippen molar-refractivity contribution in [2.45, 2.75) is 32.4 Å². The highest BCUT2D eigenvalue weighted by atomic mass is 16.5. The summed E-state index contributed by atoms with van der Waals surface area (Å²) in [5.41, 5.74) is 7.78. The molecule has 100 valence electrons. The molecule has 4 nitrogen and oxygen atoms in total. The number of rotatable bonds is 3. The van der Waals surface area contributed by atoms with Gasteiger partial charge in [0.05, 0.1) is 25.9 Å². The van der Waals surface area contributed by atoms with Crippen LogP contribution in [0.5, 0.6) is 5.75 Å². The first-order valence-electron chi connectivity index (χ1n) is 6.46. The average Bonchev–Trinajstić information content (AvgIpc) is 2.38. The van der Waals surface area contributed by atoms with Crippen LogP contribution in [0.25, 0.3) is 0 Å². The summed E-state index contributed by atoms with van der Waals surface area (Å²) in [6.07, 6.45) is 1.31. The Morgan fingerprint density at radius 2 is 2.22 bits per heavy atom. The van der Waals surface area contributed by atoms with Crippen molar-refractivity contribution in [2.75, 3.05) is 30.9 Å². The molecule has 0 bridgehead atoms. The maximum Gasteiger partial charge on any atom is 0.122 e. The standard InChI is InChI=1S/C14H22N2O2/c1-4-12-9-18-10(2)8-16(12)13-5-11(15)6-14(7-13)17-3/h5-7,10,12H,4,8-9,15H2,1-3H3. The van der Waals surface area contributed by atoms with Crippen molar-refractivity contribution in [3.05, 3.63) is 18.2 Å². The zero-order valence-corrected chi connectivity index (χ0v) is 11.3. The lowest BCUT2D eigenvalue weighted by Gasteiger charge is -2.40. The van der Waals surface area contributed by atoms with E-state index < -0.39 is 0 Å². The fraction of sp³-hybridized carbons (Fsp3) is 0.571. The monoisotopic (exact) mass is 250 g/mol. The second-order valence-electron chi connectivity index (χ2n) is 4.82. The third kappa shape index (κ3) is 2.70. The first-order valence-corrected chi connectivity index (χ1v) is 6.46. The predicted molar refractivity (Wildman–Crippen MR) is 74.2 cm³/mol. The fourth-order valence-electron chi connectivity index (χ4n) is 2.39. The van der Waals surface area contributed by atoms with E-state index in [0.717, 1.165) is 36.7 Å². The minimum Gasteiger partial charge on any atom is -0.497 e. The number of hydrogen-bond acceptors (Lipinski definition) is 4. The van der Waals surface area contributed by atoms with Gasteiger partial charge in [0.25, 0.3) is 0 Å². The van der Waals surface area contributed by atoms with Crippen LogP contribution in [0, 0.1) is 0 Å². The molecule has 2 N–H and O–H groups in total. The largest absolute Gasteiger partial charge is 0.497 e. The Kier molecular flexibility index (Phi) is 3.97. The average molecular weight is 250 g/mol. The van der Waals surface area contributed by atoms with Crippen molar-refractivity contribution in [3.63, 3.8) is 0 Å². The summed E-state index contributed by atoms with van der Waals surface area (Å²) in [6, 6.07) is 6.29. The van der Waals surface area contributed by atoms with Crippen molar-refractivity contribution < 1.29 is 9.47 Å². The molecule has 2 rings (SSSR count). The molecule has 0 aliphatic carbocycles. The molecule has 0 aromatic heterocycles. The van der Waals surface area contributed by atoms with Gasteiger partial charge >= 0.3 is 0 Å². The van der Waals surface area contributed by atoms with Crippen LogP contribution in [0.15, 0.2) is 18.2 Å². The van der Waals surface area contributed by atoms with Crippen molar-refractivity contribution in [1.82, 2.24) is 0 Å². The van der Waals surface area contributed by atoms with Gasteiger partial charge in [0.15, 0.2) is 0 Å². The van der Waals surface area contributed by atoms with Crippen LogP contribution in [0.1, 0.15) is 20.3 Å². The minimum absolute atomic E-state index is 0.250. The number of nitrogen functional groups attached to an aromatic ring is 1. The van der Waals surface area contributed by atoms with Crippen LogP contribution in [0.2, 0.25) is 0 Å². The molecule has 1 aromatic rings. The first kappa shape index (κ1) is 13.0. The topological polar surface area (TPSA) is 47.7 Å². The second kappa shape index (κ2) is 5.48. The third-order valence-corrected chi connectivity index (χ3v) is 3.42. The SMILES string of the molecule is CCC1COC(C)CN1c1cc(N)cc(OC)c1. The van der Waals surface area contributed by atoms with E-state index in [-0.39, 0.29) is 6.10 Å². The Balaban J connectivity index is 2.29. The Labute approximate surface area is 109 Å². The molecule has 1 fully saturated rings. The van der Waals surface area contributed by atoms with E-state index in [1.807, 2.05) is 18.2 Å². The molecule has 1 aliphatic rings. The predicted octanol–water partition coefficient (Wildman–Crippen LogP) is 2.28. The van der Waals surface area contributed by atoms with Gasteiger partial charge in [0, 0.05) is 30.1 Å². The molecule has 0 amide bonds. The highest BCUT2D eigenvalue weighted by Crippen LogP contribution is 2.29. The fourth-order valence-corrected chi connectivity index (χ4v) is 2.39. The van der Waals surface area contributed by atoms with Crippen molar-refractivity contribution >= 4 is 11.4 Å². The van der Waals surface area contributed by atoms with Crippen LogP contribution in [-0.2, 0) is 4.74 Å². The van der Waals surface area contributed by atoms with E-state index in [2.05, 4.69) is 18.7 Å². The quantitative estimate of drug-likeness (QED) is 0.836. The normalized spacial score (nSPS) is 24.1. The summed E-state index contributed by atoms with van der Waals surface area (Å²) >= 11 is 0. The molecule has 1 aliphatic heterocycles. The van der Waals surface area contributed by atoms with Gasteiger partial charge in [0.2, 0.25) is 0 Å². The number of hydrogen-bond donors (Lipinski definition) is 1. The lowest BCUT2D eigenvalue weighted by atomic mass is 10.1. The van der Waals surface area contributed by atoms with Gasteiger partial charge in [-0.3, -0.25) is 0 Å². The highest BCUT2D eigenvalue weighted by Gasteiger charge is 2.26. The minimum atomic E-state index is 0.250. The number of ether oxygens (including phenoxy) is 2. The summed E-state index contributed by atoms with van der Waals surface area (Å²) in [4.78, 5) is 2.37. The number of morpholine rings is 1. The van der Waals surface area contributed by atoms with E-state index >= 15 is 0 Å². The van der Waals surface area contributed by atoms with Crippen LogP contribution < -0.4 is 15.4 Å². The summed E-state index contributed by atoms with van der Waals surface area (Å²) in [5.74, 6) is 0.805. The van der Waals surface area contributed by atoms with E-state index in [4.69, 9.17) is 15.2 Å². The molecular weight excluding hydrogens is 228 g/mol. The zero-order valence-electron chi connectivity index (χ0n) is 11.3. The molecule has 18 heavy (non-hydrogen) atoms. The number of benzene rings is 1. The van der Waals surface area contributed by atoms with Crippen LogP contribution >= 0.6 is 0 Å². The molecule has 2 unspecified atom stereocenters. The zero-order chi connectivity index (χ0) is 13.1. The molecule has 1 heterocycles. The Morgan fingerprint density at radius 1 is 1.44 bits per heavy atom. The lowest BCUT2D eigenvalue weighted by Crippen LogP contribution is -2.48. The molecule has 0 spiro atoms. The van der Waals surface area contributed by atoms with Gasteiger partial charge in [-0.1, -0.05) is 6.92 Å². The summed E-state index contributed by atoms with van der Waals surface area (Å²) in [5, 5.41) is 0. The summed E-state index contributed by atoms with van der Waals surface area (Å²) in [6.45, 7) is 5.95. The van der Waals surface area contributed by atoms with E-state index in [1.165, 1.54) is 0 Å². The van der Waals surface area contributed by atoms with E-state index in [9.17, 15) is 0 Å². The maximum absolute atomic E-state index is 5.93. The second-order valence-corrected chi connectivity index (χ2v) is 4.82. The Morgan fingerprint density at radius 3 is 2.89 bits per heavy atom. The molecule has 4 heteroatoms. The van der Waals surface area contributed by atoms with Gasteiger partial charge < -0.3 is 20.1 Å². The molecule has 1 saturated heterocycles. The van der Waals surface area contributed by atoms with Crippen LogP contribution in [-0.4, -0.2) is 32.4 Å². The van der Waals surface area contributed by atoms with E-state index in [1.54, 1.807) is 7.11 Å². The van der Waals surface area contributed by atoms with E-state index in [0.29, 0.717) is 6.04 Å². The summed E-state index contributed by atoms with van der Waals surface area (Å²) in [7, 11) is 1.66. The lowest BCUT2D eigenvalue weighted by molar-refractivity contribution is 0.0299. The van der Waals surface area contributed by atoms with Crippen molar-refractivity contribution in [1.29, 1.82) is 0 Å². The Hall–Kier alpha value is -1.42. The van der Waals surface area contributed by atoms with Crippen LogP contribution in [0.4, 0.5) is 11.4 Å². The van der Waals surface area contributed by atoms with Gasteiger partial charge in [-0.25, -0.2) is 0 Å². The number of methoxy groups -OCH3 is 1. The van der Waals surface area contributed by atoms with Gasteiger partial charge in [-0.15, -0.1) is 0 Å². The van der Waals surface area contributed by atoms with Gasteiger partial charge in [0.1, 0.15) is 5.75 Å². The maximum atomic E-state index is 5.93. The van der Waals surface area contributed by atoms with Gasteiger partial charge in [-0.2, -0.15) is 0 Å². The Bertz CT molecular complexity index is 409. The first-order chi connectivity index (χ1) is 8.63. The number of nitrogens with zero attached hydrogens (tertiary/aromatic N) is 1. The van der Waals surface area contributed by atoms with Crippen molar-refractivity contribution in [3.8, 4) is 5.75 Å². The molecule has 2 atom stereocenters. The molecule has 0 radical (unpaired) electrons. The smallest absolute Gasteiger partial charge is 0.122 e. The van der Waals surface area contributed by atoms with Crippen molar-refractivity contribution in [2.24, 2.45) is 0 Å². The molecule has 1 aromatic carbocycles. The van der Waals surface area contributed by atoms with Gasteiger partial charge in [-0.05, 0) is 19.4 Å². The number of anilines is 2. The van der Waals surface area contributed by atoms with Crippen LogP contribution in [0.3, 0.4) is 0 Å². The summed E-state index contributed by atoms with van der Waals surface area (Å²) < 4.78 is 11.0.